The molecule has 1 N–H and O–H groups in total. The summed E-state index contributed by atoms with van der Waals surface area (Å²) in [7, 11) is 4.03. The summed E-state index contributed by atoms with van der Waals surface area (Å²) >= 11 is 0. The maximum absolute atomic E-state index is 12.2. The van der Waals surface area contributed by atoms with Gasteiger partial charge >= 0.3 is 0 Å². The highest BCUT2D eigenvalue weighted by Gasteiger charge is 2.21. The molecule has 6 nitrogen and oxygen atoms in total. The third kappa shape index (κ3) is 6.68. The number of carbonyl (C=O) groups excluding carboxylic acids is 1. The van der Waals surface area contributed by atoms with Gasteiger partial charge in [0.05, 0.1) is 6.61 Å². The minimum atomic E-state index is -0.232. The fourth-order valence-corrected chi connectivity index (χ4v) is 2.65. The number of rotatable bonds is 9. The van der Waals surface area contributed by atoms with Gasteiger partial charge in [-0.25, -0.2) is 0 Å². The van der Waals surface area contributed by atoms with Crippen molar-refractivity contribution in [1.29, 1.82) is 0 Å². The van der Waals surface area contributed by atoms with Gasteiger partial charge in [-0.2, -0.15) is 0 Å². The van der Waals surface area contributed by atoms with E-state index < -0.39 is 0 Å². The van der Waals surface area contributed by atoms with Crippen molar-refractivity contribution >= 4 is 5.91 Å². The van der Waals surface area contributed by atoms with E-state index in [1.54, 1.807) is 6.07 Å². The zero-order chi connectivity index (χ0) is 18.3. The van der Waals surface area contributed by atoms with Crippen molar-refractivity contribution in [3.63, 3.8) is 0 Å². The van der Waals surface area contributed by atoms with Crippen molar-refractivity contribution in [2.24, 2.45) is 5.41 Å². The van der Waals surface area contributed by atoms with Crippen LogP contribution in [0.15, 0.2) is 40.9 Å². The van der Waals surface area contributed by atoms with E-state index in [2.05, 4.69) is 29.2 Å². The van der Waals surface area contributed by atoms with Crippen LogP contribution in [0.4, 0.5) is 0 Å². The highest BCUT2D eigenvalue weighted by Crippen LogP contribution is 2.15. The van der Waals surface area contributed by atoms with Crippen LogP contribution < -0.4 is 5.32 Å². The smallest absolute Gasteiger partial charge is 0.273 e. The molecule has 0 radical (unpaired) electrons. The van der Waals surface area contributed by atoms with Crippen LogP contribution in [0.2, 0.25) is 0 Å². The summed E-state index contributed by atoms with van der Waals surface area (Å²) in [5.41, 5.74) is 1.34. The van der Waals surface area contributed by atoms with Crippen molar-refractivity contribution in [3.05, 3.63) is 53.4 Å². The van der Waals surface area contributed by atoms with Gasteiger partial charge in [-0.15, -0.1) is 0 Å². The molecule has 0 atom stereocenters. The first kappa shape index (κ1) is 19.1. The number of nitrogens with one attached hydrogen (secondary N) is 1. The molecule has 25 heavy (non-hydrogen) atoms. The Morgan fingerprint density at radius 3 is 2.64 bits per heavy atom. The highest BCUT2D eigenvalue weighted by molar-refractivity contribution is 5.92. The fourth-order valence-electron chi connectivity index (χ4n) is 2.65. The molecule has 0 fully saturated rings. The average molecular weight is 345 g/mol. The third-order valence-electron chi connectivity index (χ3n) is 3.62. The van der Waals surface area contributed by atoms with Gasteiger partial charge in [-0.1, -0.05) is 49.3 Å². The quantitative estimate of drug-likeness (QED) is 0.757. The van der Waals surface area contributed by atoms with E-state index in [-0.39, 0.29) is 23.6 Å². The minimum absolute atomic E-state index is 0.0233. The number of nitrogens with zero attached hydrogens (tertiary/aromatic N) is 2. The number of hydrogen-bond donors (Lipinski definition) is 1. The van der Waals surface area contributed by atoms with E-state index in [0.29, 0.717) is 18.9 Å². The van der Waals surface area contributed by atoms with E-state index in [4.69, 9.17) is 9.26 Å². The van der Waals surface area contributed by atoms with Gasteiger partial charge in [0.15, 0.2) is 11.5 Å². The summed E-state index contributed by atoms with van der Waals surface area (Å²) in [5, 5.41) is 6.74. The summed E-state index contributed by atoms with van der Waals surface area (Å²) < 4.78 is 10.8. The molecule has 0 saturated heterocycles. The van der Waals surface area contributed by atoms with Gasteiger partial charge < -0.3 is 19.5 Å². The monoisotopic (exact) mass is 345 g/mol. The zero-order valence-electron chi connectivity index (χ0n) is 15.4. The van der Waals surface area contributed by atoms with Gasteiger partial charge in [-0.3, -0.25) is 4.79 Å². The van der Waals surface area contributed by atoms with Gasteiger partial charge in [0, 0.05) is 19.2 Å². The molecular formula is C19H27N3O3. The Kier molecular flexibility index (Phi) is 6.73. The summed E-state index contributed by atoms with van der Waals surface area (Å²) in [5.74, 6) is 0.304. The standard InChI is InChI=1S/C19H27N3O3/c1-19(2,14-22(3)4)13-20-18(23)17-10-16(25-21-17)12-24-11-15-8-6-5-7-9-15/h5-10H,11-14H2,1-4H3,(H,20,23). The third-order valence-corrected chi connectivity index (χ3v) is 3.62. The van der Waals surface area contributed by atoms with Crippen LogP contribution in [0.1, 0.15) is 35.7 Å². The molecule has 0 saturated carbocycles. The molecule has 1 aromatic heterocycles. The lowest BCUT2D eigenvalue weighted by Gasteiger charge is -2.28. The molecule has 0 aliphatic heterocycles. The lowest BCUT2D eigenvalue weighted by atomic mass is 9.93. The Morgan fingerprint density at radius 2 is 1.96 bits per heavy atom. The second kappa shape index (κ2) is 8.78. The number of carbonyl (C=O) groups is 1. The van der Waals surface area contributed by atoms with Gasteiger partial charge in [0.2, 0.25) is 0 Å². The zero-order valence-corrected chi connectivity index (χ0v) is 15.4. The Morgan fingerprint density at radius 1 is 1.24 bits per heavy atom. The first-order chi connectivity index (χ1) is 11.9. The van der Waals surface area contributed by atoms with Crippen LogP contribution in [0, 0.1) is 5.41 Å². The van der Waals surface area contributed by atoms with Crippen LogP contribution in [-0.2, 0) is 18.0 Å². The summed E-state index contributed by atoms with van der Waals surface area (Å²) in [6.07, 6.45) is 0. The predicted molar refractivity (Wildman–Crippen MR) is 96.1 cm³/mol. The number of ether oxygens (including phenoxy) is 1. The van der Waals surface area contributed by atoms with E-state index in [1.165, 1.54) is 0 Å². The molecular weight excluding hydrogens is 318 g/mol. The molecule has 2 rings (SSSR count). The van der Waals surface area contributed by atoms with Crippen LogP contribution >= 0.6 is 0 Å². The lowest BCUT2D eigenvalue weighted by Crippen LogP contribution is -2.40. The minimum Gasteiger partial charge on any atom is -0.369 e. The topological polar surface area (TPSA) is 67.6 Å². The maximum Gasteiger partial charge on any atom is 0.273 e. The first-order valence-corrected chi connectivity index (χ1v) is 8.36. The molecule has 136 valence electrons. The first-order valence-electron chi connectivity index (χ1n) is 8.36. The number of amides is 1. The molecule has 0 spiro atoms. The van der Waals surface area contributed by atoms with Gasteiger partial charge in [0.1, 0.15) is 6.61 Å². The molecule has 0 aliphatic carbocycles. The molecule has 6 heteroatoms. The Bertz CT molecular complexity index is 666. The van der Waals surface area contributed by atoms with Crippen molar-refractivity contribution < 1.29 is 14.1 Å². The Hall–Kier alpha value is -2.18. The van der Waals surface area contributed by atoms with Crippen LogP contribution in [0.3, 0.4) is 0 Å². The van der Waals surface area contributed by atoms with Crippen LogP contribution in [0.5, 0.6) is 0 Å². The van der Waals surface area contributed by atoms with Crippen molar-refractivity contribution in [3.8, 4) is 0 Å². The van der Waals surface area contributed by atoms with Crippen LogP contribution in [0.25, 0.3) is 0 Å². The normalized spacial score (nSPS) is 11.7. The van der Waals surface area contributed by atoms with Crippen molar-refractivity contribution in [2.45, 2.75) is 27.1 Å². The Balaban J connectivity index is 1.78. The summed E-state index contributed by atoms with van der Waals surface area (Å²) in [6, 6.07) is 11.5. The van der Waals surface area contributed by atoms with Crippen molar-refractivity contribution in [1.82, 2.24) is 15.4 Å². The molecule has 0 unspecified atom stereocenters. The summed E-state index contributed by atoms with van der Waals surface area (Å²) in [4.78, 5) is 14.3. The second-order valence-electron chi connectivity index (χ2n) is 7.24. The number of hydrogen-bond acceptors (Lipinski definition) is 5. The Labute approximate surface area is 149 Å². The lowest BCUT2D eigenvalue weighted by molar-refractivity contribution is 0.0874. The average Bonchev–Trinajstić information content (AvgIpc) is 3.01. The highest BCUT2D eigenvalue weighted by atomic mass is 16.5. The van der Waals surface area contributed by atoms with E-state index >= 15 is 0 Å². The largest absolute Gasteiger partial charge is 0.369 e. The van der Waals surface area contributed by atoms with E-state index in [9.17, 15) is 4.79 Å². The van der Waals surface area contributed by atoms with Gasteiger partial charge in [-0.05, 0) is 25.1 Å². The van der Waals surface area contributed by atoms with Gasteiger partial charge in [0.25, 0.3) is 5.91 Å². The molecule has 0 aliphatic rings. The molecule has 1 aromatic carbocycles. The van der Waals surface area contributed by atoms with Crippen LogP contribution in [-0.4, -0.2) is 43.1 Å². The maximum atomic E-state index is 12.2. The van der Waals surface area contributed by atoms with E-state index in [0.717, 1.165) is 12.1 Å². The molecule has 1 amide bonds. The molecule has 2 aromatic rings. The number of benzene rings is 1. The second-order valence-corrected chi connectivity index (χ2v) is 7.24. The SMILES string of the molecule is CN(C)CC(C)(C)CNC(=O)c1cc(COCc2ccccc2)on1. The predicted octanol–water partition coefficient (Wildman–Crippen LogP) is 2.71. The van der Waals surface area contributed by atoms with Crippen molar-refractivity contribution in [2.75, 3.05) is 27.2 Å². The molecule has 1 heterocycles. The summed E-state index contributed by atoms with van der Waals surface area (Å²) in [6.45, 7) is 6.43. The number of aromatic nitrogens is 1. The fraction of sp³-hybridized carbons (Fsp3) is 0.474. The van der Waals surface area contributed by atoms with E-state index in [1.807, 2.05) is 44.4 Å². The molecule has 0 bridgehead atoms.